The summed E-state index contributed by atoms with van der Waals surface area (Å²) in [5.41, 5.74) is 13.1. The number of nitrogens with two attached hydrogens (primary N) is 2. The van der Waals surface area contributed by atoms with Gasteiger partial charge in [-0.3, -0.25) is 0 Å². The van der Waals surface area contributed by atoms with Gasteiger partial charge in [0.15, 0.2) is 0 Å². The Morgan fingerprint density at radius 1 is 1.20 bits per heavy atom. The summed E-state index contributed by atoms with van der Waals surface area (Å²) in [6, 6.07) is 3.58. The summed E-state index contributed by atoms with van der Waals surface area (Å²) in [5.74, 6) is 0. The Hall–Kier alpha value is -0.890. The fourth-order valence-electron chi connectivity index (χ4n) is 0.826. The molecule has 0 aliphatic carbocycles. The van der Waals surface area contributed by atoms with Gasteiger partial charge in [0.25, 0.3) is 0 Å². The Labute approximate surface area is 64.8 Å². The summed E-state index contributed by atoms with van der Waals surface area (Å²) in [5, 5.41) is 0.450. The predicted molar refractivity (Wildman–Crippen MR) is 45.0 cm³/mol. The van der Waals surface area contributed by atoms with Crippen molar-refractivity contribution in [1.29, 1.82) is 0 Å². The fraction of sp³-hybridized carbons (Fsp3) is 0.143. The highest BCUT2D eigenvalue weighted by Crippen LogP contribution is 2.26. The van der Waals surface area contributed by atoms with E-state index in [0.29, 0.717) is 16.4 Å². The molecule has 1 aromatic rings. The van der Waals surface area contributed by atoms with Gasteiger partial charge in [-0.25, -0.2) is 0 Å². The van der Waals surface area contributed by atoms with Crippen LogP contribution in [0, 0.1) is 6.92 Å². The van der Waals surface area contributed by atoms with Crippen LogP contribution in [-0.2, 0) is 0 Å². The van der Waals surface area contributed by atoms with Crippen molar-refractivity contribution in [3.63, 3.8) is 0 Å². The van der Waals surface area contributed by atoms with E-state index in [0.717, 1.165) is 5.56 Å². The second kappa shape index (κ2) is 2.39. The van der Waals surface area contributed by atoms with E-state index in [-0.39, 0.29) is 0 Å². The number of aryl methyl sites for hydroxylation is 1. The number of benzene rings is 1. The quantitative estimate of drug-likeness (QED) is 0.563. The van der Waals surface area contributed by atoms with Crippen molar-refractivity contribution in [2.24, 2.45) is 0 Å². The highest BCUT2D eigenvalue weighted by atomic mass is 35.5. The number of halogens is 1. The first-order chi connectivity index (χ1) is 4.61. The van der Waals surface area contributed by atoms with Crippen LogP contribution in [-0.4, -0.2) is 0 Å². The van der Waals surface area contributed by atoms with Gasteiger partial charge in [0.1, 0.15) is 0 Å². The zero-order chi connectivity index (χ0) is 7.72. The van der Waals surface area contributed by atoms with Gasteiger partial charge in [-0.15, -0.1) is 0 Å². The molecule has 2 nitrogen and oxygen atoms in total. The third kappa shape index (κ3) is 1.16. The van der Waals surface area contributed by atoms with Crippen molar-refractivity contribution >= 4 is 23.0 Å². The second-order valence-electron chi connectivity index (χ2n) is 2.26. The molecule has 0 bridgehead atoms. The molecular formula is C7H9ClN2. The van der Waals surface area contributed by atoms with Crippen LogP contribution in [0.1, 0.15) is 5.56 Å². The topological polar surface area (TPSA) is 52.0 Å². The number of anilines is 2. The van der Waals surface area contributed by atoms with Crippen LogP contribution in [0.2, 0.25) is 5.02 Å². The molecule has 10 heavy (non-hydrogen) atoms. The lowest BCUT2D eigenvalue weighted by molar-refractivity contribution is 1.47. The van der Waals surface area contributed by atoms with E-state index in [9.17, 15) is 0 Å². The average Bonchev–Trinajstić information content (AvgIpc) is 1.82. The van der Waals surface area contributed by atoms with Gasteiger partial charge in [-0.1, -0.05) is 11.6 Å². The van der Waals surface area contributed by atoms with E-state index in [2.05, 4.69) is 0 Å². The molecule has 0 spiro atoms. The van der Waals surface area contributed by atoms with E-state index in [1.807, 2.05) is 6.92 Å². The highest BCUT2D eigenvalue weighted by molar-refractivity contribution is 6.35. The lowest BCUT2D eigenvalue weighted by Gasteiger charge is -2.02. The van der Waals surface area contributed by atoms with Crippen molar-refractivity contribution in [3.05, 3.63) is 22.7 Å². The molecule has 4 N–H and O–H groups in total. The molecule has 0 unspecified atom stereocenters. The van der Waals surface area contributed by atoms with Crippen molar-refractivity contribution in [2.45, 2.75) is 6.92 Å². The molecule has 0 aromatic heterocycles. The molecule has 54 valence electrons. The van der Waals surface area contributed by atoms with Crippen LogP contribution >= 0.6 is 11.6 Å². The lowest BCUT2D eigenvalue weighted by atomic mass is 10.2. The summed E-state index contributed by atoms with van der Waals surface area (Å²) in [7, 11) is 0. The number of hydrogen-bond donors (Lipinski definition) is 2. The van der Waals surface area contributed by atoms with Gasteiger partial charge in [-0.05, 0) is 24.6 Å². The maximum atomic E-state index is 5.70. The van der Waals surface area contributed by atoms with Crippen LogP contribution in [0.25, 0.3) is 0 Å². The molecule has 0 heterocycles. The zero-order valence-corrected chi connectivity index (χ0v) is 6.44. The Morgan fingerprint density at radius 2 is 1.60 bits per heavy atom. The van der Waals surface area contributed by atoms with Crippen molar-refractivity contribution < 1.29 is 0 Å². The molecule has 1 aromatic carbocycles. The molecule has 0 aliphatic rings. The molecule has 3 heteroatoms. The number of hydrogen-bond acceptors (Lipinski definition) is 2. The lowest BCUT2D eigenvalue weighted by Crippen LogP contribution is -1.93. The van der Waals surface area contributed by atoms with E-state index in [1.54, 1.807) is 12.1 Å². The SMILES string of the molecule is Cc1cc(N)c(Cl)c(N)c1. The van der Waals surface area contributed by atoms with Crippen molar-refractivity contribution in [2.75, 3.05) is 11.5 Å². The Balaban J connectivity index is 3.31. The Morgan fingerprint density at radius 3 is 2.00 bits per heavy atom. The third-order valence-electron chi connectivity index (χ3n) is 1.27. The molecular weight excluding hydrogens is 148 g/mol. The van der Waals surface area contributed by atoms with Crippen LogP contribution in [0.3, 0.4) is 0 Å². The average molecular weight is 157 g/mol. The van der Waals surface area contributed by atoms with Gasteiger partial charge >= 0.3 is 0 Å². The maximum Gasteiger partial charge on any atom is 0.0864 e. The molecule has 0 radical (unpaired) electrons. The standard InChI is InChI=1S/C7H9ClN2/c1-4-2-5(9)7(8)6(10)3-4/h2-3H,9-10H2,1H3. The molecule has 0 saturated carbocycles. The van der Waals surface area contributed by atoms with Crippen LogP contribution < -0.4 is 11.5 Å². The van der Waals surface area contributed by atoms with E-state index in [1.165, 1.54) is 0 Å². The summed E-state index contributed by atoms with van der Waals surface area (Å²) >= 11 is 5.70. The first-order valence-corrected chi connectivity index (χ1v) is 3.30. The van der Waals surface area contributed by atoms with Gasteiger partial charge in [0.05, 0.1) is 16.4 Å². The van der Waals surface area contributed by atoms with Gasteiger partial charge in [0, 0.05) is 0 Å². The number of nitrogen functional groups attached to an aromatic ring is 2. The minimum Gasteiger partial charge on any atom is -0.397 e. The molecule has 1 rings (SSSR count). The minimum atomic E-state index is 0.450. The molecule has 0 fully saturated rings. The highest BCUT2D eigenvalue weighted by Gasteiger charge is 1.99. The van der Waals surface area contributed by atoms with Gasteiger partial charge in [-0.2, -0.15) is 0 Å². The predicted octanol–water partition coefficient (Wildman–Crippen LogP) is 1.81. The first kappa shape index (κ1) is 7.22. The smallest absolute Gasteiger partial charge is 0.0864 e. The summed E-state index contributed by atoms with van der Waals surface area (Å²) in [6.45, 7) is 1.92. The second-order valence-corrected chi connectivity index (χ2v) is 2.64. The monoisotopic (exact) mass is 156 g/mol. The minimum absolute atomic E-state index is 0.450. The molecule has 0 amide bonds. The van der Waals surface area contributed by atoms with Gasteiger partial charge in [0.2, 0.25) is 0 Å². The molecule has 0 saturated heterocycles. The largest absolute Gasteiger partial charge is 0.397 e. The third-order valence-corrected chi connectivity index (χ3v) is 1.71. The summed E-state index contributed by atoms with van der Waals surface area (Å²) < 4.78 is 0. The maximum absolute atomic E-state index is 5.70. The Bertz CT molecular complexity index is 235. The first-order valence-electron chi connectivity index (χ1n) is 2.92. The van der Waals surface area contributed by atoms with Crippen LogP contribution in [0.5, 0.6) is 0 Å². The normalized spacial score (nSPS) is 9.80. The Kier molecular flexibility index (Phi) is 1.72. The zero-order valence-electron chi connectivity index (χ0n) is 5.69. The van der Waals surface area contributed by atoms with Crippen LogP contribution in [0.15, 0.2) is 12.1 Å². The fourth-order valence-corrected chi connectivity index (χ4v) is 0.935. The van der Waals surface area contributed by atoms with Crippen molar-refractivity contribution in [1.82, 2.24) is 0 Å². The van der Waals surface area contributed by atoms with Crippen LogP contribution in [0.4, 0.5) is 11.4 Å². The molecule has 0 atom stereocenters. The van der Waals surface area contributed by atoms with E-state index in [4.69, 9.17) is 23.1 Å². The number of rotatable bonds is 0. The summed E-state index contributed by atoms with van der Waals surface area (Å²) in [4.78, 5) is 0. The van der Waals surface area contributed by atoms with Gasteiger partial charge < -0.3 is 11.5 Å². The van der Waals surface area contributed by atoms with Crippen molar-refractivity contribution in [3.8, 4) is 0 Å². The van der Waals surface area contributed by atoms with E-state index >= 15 is 0 Å². The summed E-state index contributed by atoms with van der Waals surface area (Å²) in [6.07, 6.45) is 0. The van der Waals surface area contributed by atoms with E-state index < -0.39 is 0 Å². The molecule has 0 aliphatic heterocycles.